The predicted molar refractivity (Wildman–Crippen MR) is 90.3 cm³/mol. The van der Waals surface area contributed by atoms with Crippen LogP contribution in [0.15, 0.2) is 36.7 Å². The minimum absolute atomic E-state index is 0.148. The van der Waals surface area contributed by atoms with Gasteiger partial charge in [0.05, 0.1) is 23.4 Å². The number of amides is 1. The molecule has 9 nitrogen and oxygen atoms in total. The number of nitro groups is 1. The lowest BCUT2D eigenvalue weighted by molar-refractivity contribution is -0.385. The van der Waals surface area contributed by atoms with Gasteiger partial charge in [0.1, 0.15) is 11.5 Å². The van der Waals surface area contributed by atoms with Crippen molar-refractivity contribution in [2.24, 2.45) is 7.05 Å². The fourth-order valence-electron chi connectivity index (χ4n) is 2.65. The maximum absolute atomic E-state index is 13.2. The largest absolute Gasteiger partial charge is 0.322 e. The van der Waals surface area contributed by atoms with Crippen LogP contribution in [-0.4, -0.2) is 30.4 Å². The molecule has 0 radical (unpaired) electrons. The van der Waals surface area contributed by atoms with E-state index in [2.05, 4.69) is 15.5 Å². The van der Waals surface area contributed by atoms with Crippen LogP contribution in [0.3, 0.4) is 0 Å². The standard InChI is InChI=1S/C16H15FN6O3/c1-10-14(23(25)26)15(21(2)20-10)16(24)19-13-7-18-22(9-13)8-11-4-3-5-12(17)6-11/h3-7,9H,8H2,1-2H3,(H,19,24). The maximum atomic E-state index is 13.2. The van der Waals surface area contributed by atoms with Gasteiger partial charge in [0.25, 0.3) is 5.91 Å². The number of carbonyl (C=O) groups is 1. The number of hydrogen-bond acceptors (Lipinski definition) is 5. The number of nitrogens with one attached hydrogen (secondary N) is 1. The monoisotopic (exact) mass is 358 g/mol. The van der Waals surface area contributed by atoms with Crippen LogP contribution < -0.4 is 5.32 Å². The van der Waals surface area contributed by atoms with Gasteiger partial charge in [-0.1, -0.05) is 12.1 Å². The SMILES string of the molecule is Cc1nn(C)c(C(=O)Nc2cnn(Cc3cccc(F)c3)c2)c1[N+](=O)[O-]. The fraction of sp³-hybridized carbons (Fsp3) is 0.188. The molecule has 0 saturated heterocycles. The van der Waals surface area contributed by atoms with E-state index in [0.29, 0.717) is 17.8 Å². The Hall–Kier alpha value is -3.56. The van der Waals surface area contributed by atoms with Crippen LogP contribution in [0.2, 0.25) is 0 Å². The second-order valence-corrected chi connectivity index (χ2v) is 5.67. The van der Waals surface area contributed by atoms with E-state index in [1.807, 2.05) is 0 Å². The van der Waals surface area contributed by atoms with Crippen molar-refractivity contribution < 1.29 is 14.1 Å². The van der Waals surface area contributed by atoms with E-state index in [4.69, 9.17) is 0 Å². The van der Waals surface area contributed by atoms with E-state index >= 15 is 0 Å². The van der Waals surface area contributed by atoms with Crippen molar-refractivity contribution >= 4 is 17.3 Å². The number of halogens is 1. The van der Waals surface area contributed by atoms with Gasteiger partial charge >= 0.3 is 5.69 Å². The molecule has 134 valence electrons. The Balaban J connectivity index is 1.77. The quantitative estimate of drug-likeness (QED) is 0.556. The van der Waals surface area contributed by atoms with Gasteiger partial charge in [-0.15, -0.1) is 0 Å². The molecule has 0 aliphatic rings. The highest BCUT2D eigenvalue weighted by Gasteiger charge is 2.29. The molecule has 0 aliphatic heterocycles. The van der Waals surface area contributed by atoms with Gasteiger partial charge in [-0.05, 0) is 24.6 Å². The van der Waals surface area contributed by atoms with Crippen molar-refractivity contribution in [2.45, 2.75) is 13.5 Å². The minimum Gasteiger partial charge on any atom is -0.318 e. The van der Waals surface area contributed by atoms with Gasteiger partial charge in [-0.25, -0.2) is 4.39 Å². The molecule has 3 rings (SSSR count). The first-order valence-electron chi connectivity index (χ1n) is 7.61. The van der Waals surface area contributed by atoms with Crippen molar-refractivity contribution in [1.82, 2.24) is 19.6 Å². The summed E-state index contributed by atoms with van der Waals surface area (Å²) in [4.78, 5) is 23.0. The molecular formula is C16H15FN6O3. The summed E-state index contributed by atoms with van der Waals surface area (Å²) < 4.78 is 15.9. The molecule has 0 saturated carbocycles. The third kappa shape index (κ3) is 3.43. The first kappa shape index (κ1) is 17.3. The minimum atomic E-state index is -0.662. The molecule has 0 aliphatic carbocycles. The molecule has 0 unspecified atom stereocenters. The van der Waals surface area contributed by atoms with Crippen LogP contribution in [-0.2, 0) is 13.6 Å². The highest BCUT2D eigenvalue weighted by molar-refractivity contribution is 6.05. The zero-order valence-corrected chi connectivity index (χ0v) is 14.0. The molecule has 0 spiro atoms. The first-order chi connectivity index (χ1) is 12.3. The average Bonchev–Trinajstić information content (AvgIpc) is 3.10. The number of benzene rings is 1. The third-order valence-electron chi connectivity index (χ3n) is 3.71. The number of anilines is 1. The van der Waals surface area contributed by atoms with E-state index < -0.39 is 10.8 Å². The molecule has 1 aromatic carbocycles. The maximum Gasteiger partial charge on any atom is 0.322 e. The number of rotatable bonds is 5. The van der Waals surface area contributed by atoms with Crippen LogP contribution in [0, 0.1) is 22.9 Å². The van der Waals surface area contributed by atoms with E-state index in [1.165, 1.54) is 41.7 Å². The summed E-state index contributed by atoms with van der Waals surface area (Å²) in [7, 11) is 1.46. The van der Waals surface area contributed by atoms with Crippen molar-refractivity contribution in [3.8, 4) is 0 Å². The number of nitrogens with zero attached hydrogens (tertiary/aromatic N) is 5. The van der Waals surface area contributed by atoms with Gasteiger partial charge in [0.15, 0.2) is 0 Å². The van der Waals surface area contributed by atoms with Crippen LogP contribution in [0.1, 0.15) is 21.7 Å². The number of carbonyl (C=O) groups excluding carboxylic acids is 1. The highest BCUT2D eigenvalue weighted by atomic mass is 19.1. The van der Waals surface area contributed by atoms with E-state index in [-0.39, 0.29) is 22.9 Å². The van der Waals surface area contributed by atoms with E-state index in [9.17, 15) is 19.3 Å². The molecule has 26 heavy (non-hydrogen) atoms. The first-order valence-corrected chi connectivity index (χ1v) is 7.61. The molecule has 1 amide bonds. The summed E-state index contributed by atoms with van der Waals surface area (Å²) in [5.41, 5.74) is 0.746. The Morgan fingerprint density at radius 2 is 2.19 bits per heavy atom. The Morgan fingerprint density at radius 3 is 2.88 bits per heavy atom. The third-order valence-corrected chi connectivity index (χ3v) is 3.71. The molecule has 0 atom stereocenters. The van der Waals surface area contributed by atoms with Crippen molar-refractivity contribution in [1.29, 1.82) is 0 Å². The second-order valence-electron chi connectivity index (χ2n) is 5.67. The number of aromatic nitrogens is 4. The Kier molecular flexibility index (Phi) is 4.48. The lowest BCUT2D eigenvalue weighted by Crippen LogP contribution is -2.17. The molecule has 10 heteroatoms. The zero-order valence-electron chi connectivity index (χ0n) is 14.0. The normalized spacial score (nSPS) is 10.7. The summed E-state index contributed by atoms with van der Waals surface area (Å²) in [6.45, 7) is 1.78. The molecule has 3 aromatic rings. The second kappa shape index (κ2) is 6.75. The summed E-state index contributed by atoms with van der Waals surface area (Å²) >= 11 is 0. The van der Waals surface area contributed by atoms with Crippen molar-refractivity contribution in [3.63, 3.8) is 0 Å². The van der Waals surface area contributed by atoms with Gasteiger partial charge in [0.2, 0.25) is 5.69 Å². The van der Waals surface area contributed by atoms with Gasteiger partial charge < -0.3 is 5.32 Å². The number of aryl methyl sites for hydroxylation is 2. The Labute approximate surface area is 147 Å². The molecule has 2 aromatic heterocycles. The Bertz CT molecular complexity index is 994. The summed E-state index contributed by atoms with van der Waals surface area (Å²) in [6.07, 6.45) is 2.96. The number of hydrogen-bond donors (Lipinski definition) is 1. The summed E-state index contributed by atoms with van der Waals surface area (Å²) in [6, 6.07) is 6.09. The Morgan fingerprint density at radius 1 is 1.42 bits per heavy atom. The molecule has 1 N–H and O–H groups in total. The predicted octanol–water partition coefficient (Wildman–Crippen LogP) is 2.27. The van der Waals surface area contributed by atoms with Gasteiger partial charge in [-0.3, -0.25) is 24.3 Å². The summed E-state index contributed by atoms with van der Waals surface area (Å²) in [5.74, 6) is -1.01. The lowest BCUT2D eigenvalue weighted by Gasteiger charge is -2.03. The average molecular weight is 358 g/mol. The zero-order chi connectivity index (χ0) is 18.8. The van der Waals surface area contributed by atoms with Gasteiger partial charge in [0, 0.05) is 13.2 Å². The molecule has 2 heterocycles. The van der Waals surface area contributed by atoms with Crippen molar-refractivity contribution in [2.75, 3.05) is 5.32 Å². The molecular weight excluding hydrogens is 343 g/mol. The van der Waals surface area contributed by atoms with Crippen LogP contribution in [0.4, 0.5) is 15.8 Å². The molecule has 0 fully saturated rings. The van der Waals surface area contributed by atoms with Crippen LogP contribution in [0.25, 0.3) is 0 Å². The van der Waals surface area contributed by atoms with Crippen molar-refractivity contribution in [3.05, 3.63) is 69.5 Å². The van der Waals surface area contributed by atoms with E-state index in [1.54, 1.807) is 18.3 Å². The summed E-state index contributed by atoms with van der Waals surface area (Å²) in [5, 5.41) is 21.8. The van der Waals surface area contributed by atoms with Crippen LogP contribution >= 0.6 is 0 Å². The van der Waals surface area contributed by atoms with Gasteiger partial charge in [-0.2, -0.15) is 10.2 Å². The fourth-order valence-corrected chi connectivity index (χ4v) is 2.65. The lowest BCUT2D eigenvalue weighted by atomic mass is 10.2. The van der Waals surface area contributed by atoms with Crippen LogP contribution in [0.5, 0.6) is 0 Å². The topological polar surface area (TPSA) is 108 Å². The smallest absolute Gasteiger partial charge is 0.318 e. The highest BCUT2D eigenvalue weighted by Crippen LogP contribution is 2.23. The van der Waals surface area contributed by atoms with E-state index in [0.717, 1.165) is 0 Å². The molecule has 0 bridgehead atoms.